The van der Waals surface area contributed by atoms with Crippen molar-refractivity contribution in [3.63, 3.8) is 0 Å². The van der Waals surface area contributed by atoms with E-state index in [1.165, 1.54) is 11.8 Å². The maximum absolute atomic E-state index is 11.4. The van der Waals surface area contributed by atoms with Gasteiger partial charge in [-0.2, -0.15) is 5.10 Å². The third kappa shape index (κ3) is 2.53. The zero-order valence-electron chi connectivity index (χ0n) is 8.97. The fourth-order valence-corrected chi connectivity index (χ4v) is 1.81. The number of halogens is 1. The molecule has 0 aliphatic heterocycles. The van der Waals surface area contributed by atoms with Crippen LogP contribution in [-0.4, -0.2) is 31.3 Å². The van der Waals surface area contributed by atoms with Gasteiger partial charge in [-0.1, -0.05) is 0 Å². The Hall–Kier alpha value is -1.08. The number of nitrogens with zero attached hydrogens (tertiary/aromatic N) is 2. The second-order valence-electron chi connectivity index (χ2n) is 3.34. The van der Waals surface area contributed by atoms with E-state index in [4.69, 9.17) is 10.7 Å². The van der Waals surface area contributed by atoms with E-state index < -0.39 is 15.0 Å². The van der Waals surface area contributed by atoms with Crippen LogP contribution >= 0.6 is 10.7 Å². The van der Waals surface area contributed by atoms with Gasteiger partial charge in [0.15, 0.2) is 5.03 Å². The minimum atomic E-state index is -3.95. The number of hydrogen-bond donors (Lipinski definition) is 0. The lowest BCUT2D eigenvalue weighted by atomic mass is 10.3. The van der Waals surface area contributed by atoms with Crippen molar-refractivity contribution in [3.05, 3.63) is 11.8 Å². The number of carbonyl (C=O) groups excluding carboxylic acids is 1. The molecule has 0 atom stereocenters. The Morgan fingerprint density at radius 1 is 1.56 bits per heavy atom. The van der Waals surface area contributed by atoms with Gasteiger partial charge < -0.3 is 4.74 Å². The van der Waals surface area contributed by atoms with Crippen LogP contribution in [0.4, 0.5) is 0 Å². The molecule has 0 saturated heterocycles. The van der Waals surface area contributed by atoms with Crippen molar-refractivity contribution in [3.8, 4) is 0 Å². The first-order chi connectivity index (χ1) is 7.27. The van der Waals surface area contributed by atoms with E-state index in [9.17, 15) is 13.2 Å². The van der Waals surface area contributed by atoms with Crippen LogP contribution in [0, 0.1) is 0 Å². The highest BCUT2D eigenvalue weighted by atomic mass is 35.7. The average Bonchev–Trinajstić information content (AvgIpc) is 2.60. The molecular formula is C8H11ClN2O4S. The lowest BCUT2D eigenvalue weighted by molar-refractivity contribution is 0.0584. The SMILES string of the molecule is COC(=O)c1cc(S(=O)(=O)Cl)nn1C(C)C. The molecule has 0 radical (unpaired) electrons. The minimum absolute atomic E-state index is 0.0525. The molecule has 0 saturated carbocycles. The van der Waals surface area contributed by atoms with Crippen molar-refractivity contribution in [1.29, 1.82) is 0 Å². The van der Waals surface area contributed by atoms with Gasteiger partial charge in [0.2, 0.25) is 0 Å². The zero-order chi connectivity index (χ0) is 12.5. The molecule has 0 unspecified atom stereocenters. The molecule has 0 aromatic carbocycles. The highest BCUT2D eigenvalue weighted by molar-refractivity contribution is 8.13. The van der Waals surface area contributed by atoms with Crippen LogP contribution in [-0.2, 0) is 13.8 Å². The first kappa shape index (κ1) is 13.0. The van der Waals surface area contributed by atoms with Gasteiger partial charge in [0.25, 0.3) is 9.05 Å². The van der Waals surface area contributed by atoms with Crippen LogP contribution in [0.1, 0.15) is 30.4 Å². The summed E-state index contributed by atoms with van der Waals surface area (Å²) in [7, 11) is 2.40. The molecule has 90 valence electrons. The molecule has 1 aromatic rings. The zero-order valence-corrected chi connectivity index (χ0v) is 10.5. The van der Waals surface area contributed by atoms with Crippen LogP contribution in [0.25, 0.3) is 0 Å². The Kier molecular flexibility index (Phi) is 3.59. The monoisotopic (exact) mass is 266 g/mol. The summed E-state index contributed by atoms with van der Waals surface area (Å²) in [4.78, 5) is 11.4. The maximum Gasteiger partial charge on any atom is 0.356 e. The largest absolute Gasteiger partial charge is 0.464 e. The van der Waals surface area contributed by atoms with E-state index in [0.717, 1.165) is 6.07 Å². The van der Waals surface area contributed by atoms with E-state index in [0.29, 0.717) is 0 Å². The van der Waals surface area contributed by atoms with Gasteiger partial charge in [-0.05, 0) is 13.8 Å². The summed E-state index contributed by atoms with van der Waals surface area (Å²) >= 11 is 0. The summed E-state index contributed by atoms with van der Waals surface area (Å²) in [6, 6.07) is 0.912. The van der Waals surface area contributed by atoms with E-state index in [-0.39, 0.29) is 16.8 Å². The Balaban J connectivity index is 3.37. The normalized spacial score (nSPS) is 11.8. The minimum Gasteiger partial charge on any atom is -0.464 e. The molecule has 0 fully saturated rings. The highest BCUT2D eigenvalue weighted by Crippen LogP contribution is 2.18. The van der Waals surface area contributed by atoms with Gasteiger partial charge in [0.05, 0.1) is 7.11 Å². The van der Waals surface area contributed by atoms with Crippen LogP contribution in [0.2, 0.25) is 0 Å². The third-order valence-electron chi connectivity index (χ3n) is 1.85. The van der Waals surface area contributed by atoms with Gasteiger partial charge >= 0.3 is 5.97 Å². The lowest BCUT2D eigenvalue weighted by Crippen LogP contribution is -2.13. The lowest BCUT2D eigenvalue weighted by Gasteiger charge is -2.08. The summed E-state index contributed by atoms with van der Waals surface area (Å²) in [6.07, 6.45) is 0. The summed E-state index contributed by atoms with van der Waals surface area (Å²) in [6.45, 7) is 3.51. The van der Waals surface area contributed by atoms with Crippen molar-refractivity contribution >= 4 is 25.7 Å². The van der Waals surface area contributed by atoms with E-state index in [1.807, 2.05) is 0 Å². The van der Waals surface area contributed by atoms with Crippen LogP contribution in [0.3, 0.4) is 0 Å². The van der Waals surface area contributed by atoms with Crippen LogP contribution in [0.15, 0.2) is 11.1 Å². The number of ether oxygens (including phenoxy) is 1. The third-order valence-corrected chi connectivity index (χ3v) is 3.02. The summed E-state index contributed by atoms with van der Waals surface area (Å²) < 4.78 is 27.9. The highest BCUT2D eigenvalue weighted by Gasteiger charge is 2.23. The molecule has 0 amide bonds. The van der Waals surface area contributed by atoms with Gasteiger partial charge in [0, 0.05) is 22.8 Å². The Morgan fingerprint density at radius 2 is 2.12 bits per heavy atom. The predicted molar refractivity (Wildman–Crippen MR) is 57.0 cm³/mol. The summed E-state index contributed by atoms with van der Waals surface area (Å²) in [5.74, 6) is -0.659. The molecule has 0 bridgehead atoms. The molecule has 6 nitrogen and oxygen atoms in total. The molecule has 0 N–H and O–H groups in total. The smallest absolute Gasteiger partial charge is 0.356 e. The number of hydrogen-bond acceptors (Lipinski definition) is 5. The van der Waals surface area contributed by atoms with Crippen molar-refractivity contribution in [2.75, 3.05) is 7.11 Å². The number of aromatic nitrogens is 2. The number of methoxy groups -OCH3 is 1. The molecule has 1 aromatic heterocycles. The number of rotatable bonds is 3. The first-order valence-electron chi connectivity index (χ1n) is 4.40. The standard InChI is InChI=1S/C8H11ClN2O4S/c1-5(2)11-6(8(12)15-3)4-7(10-11)16(9,13)14/h4-5H,1-3H3. The molecule has 16 heavy (non-hydrogen) atoms. The van der Waals surface area contributed by atoms with Crippen LogP contribution in [0.5, 0.6) is 0 Å². The second kappa shape index (κ2) is 4.42. The van der Waals surface area contributed by atoms with Crippen molar-refractivity contribution < 1.29 is 17.9 Å². The van der Waals surface area contributed by atoms with E-state index in [1.54, 1.807) is 13.8 Å². The van der Waals surface area contributed by atoms with Gasteiger partial charge in [-0.15, -0.1) is 0 Å². The number of esters is 1. The first-order valence-corrected chi connectivity index (χ1v) is 6.71. The van der Waals surface area contributed by atoms with E-state index in [2.05, 4.69) is 9.84 Å². The van der Waals surface area contributed by atoms with E-state index >= 15 is 0 Å². The topological polar surface area (TPSA) is 78.3 Å². The Morgan fingerprint density at radius 3 is 2.50 bits per heavy atom. The van der Waals surface area contributed by atoms with Crippen LogP contribution < -0.4 is 0 Å². The van der Waals surface area contributed by atoms with Crippen molar-refractivity contribution in [2.45, 2.75) is 24.9 Å². The predicted octanol–water partition coefficient (Wildman–Crippen LogP) is 1.18. The molecular weight excluding hydrogens is 256 g/mol. The molecule has 1 heterocycles. The van der Waals surface area contributed by atoms with Gasteiger partial charge in [-0.3, -0.25) is 4.68 Å². The molecule has 0 aliphatic rings. The summed E-state index contributed by atoms with van der Waals surface area (Å²) in [5.41, 5.74) is 0.0525. The summed E-state index contributed by atoms with van der Waals surface area (Å²) in [5, 5.41) is 3.39. The maximum atomic E-state index is 11.4. The Labute approximate surface area is 97.6 Å². The van der Waals surface area contributed by atoms with Crippen molar-refractivity contribution in [2.24, 2.45) is 0 Å². The van der Waals surface area contributed by atoms with Gasteiger partial charge in [-0.25, -0.2) is 13.2 Å². The average molecular weight is 267 g/mol. The fourth-order valence-electron chi connectivity index (χ4n) is 1.14. The van der Waals surface area contributed by atoms with Crippen molar-refractivity contribution in [1.82, 2.24) is 9.78 Å². The molecule has 0 aliphatic carbocycles. The number of carbonyl (C=O) groups is 1. The Bertz CT molecular complexity index is 506. The molecule has 1 rings (SSSR count). The molecule has 8 heteroatoms. The fraction of sp³-hybridized carbons (Fsp3) is 0.500. The second-order valence-corrected chi connectivity index (χ2v) is 5.85. The van der Waals surface area contributed by atoms with Gasteiger partial charge in [0.1, 0.15) is 5.69 Å². The quantitative estimate of drug-likeness (QED) is 0.606. The molecule has 0 spiro atoms.